The van der Waals surface area contributed by atoms with E-state index in [0.29, 0.717) is 5.92 Å². The van der Waals surface area contributed by atoms with Gasteiger partial charge in [-0.15, -0.1) is 11.3 Å². The van der Waals surface area contributed by atoms with Crippen molar-refractivity contribution >= 4 is 11.3 Å². The van der Waals surface area contributed by atoms with Gasteiger partial charge in [-0.2, -0.15) is 0 Å². The maximum Gasteiger partial charge on any atom is 0.0745 e. The molecule has 2 rings (SSSR count). The highest BCUT2D eigenvalue weighted by Gasteiger charge is 2.26. The molecule has 1 aromatic heterocycles. The van der Waals surface area contributed by atoms with Crippen molar-refractivity contribution in [1.82, 2.24) is 5.32 Å². The summed E-state index contributed by atoms with van der Waals surface area (Å²) in [7, 11) is 0. The Morgan fingerprint density at radius 3 is 3.00 bits per heavy atom. The van der Waals surface area contributed by atoms with Crippen LogP contribution in [0.2, 0.25) is 0 Å². The van der Waals surface area contributed by atoms with Crippen LogP contribution in [0.15, 0.2) is 11.4 Å². The van der Waals surface area contributed by atoms with E-state index in [4.69, 9.17) is 0 Å². The normalized spacial score (nSPS) is 28.2. The molecule has 0 radical (unpaired) electrons. The van der Waals surface area contributed by atoms with Crippen LogP contribution in [0, 0.1) is 0 Å². The highest BCUT2D eigenvalue weighted by molar-refractivity contribution is 7.10. The predicted molar refractivity (Wildman–Crippen MR) is 55.3 cm³/mol. The zero-order valence-electron chi connectivity index (χ0n) is 7.79. The van der Waals surface area contributed by atoms with Gasteiger partial charge in [-0.05, 0) is 23.4 Å². The summed E-state index contributed by atoms with van der Waals surface area (Å²) in [6, 6.07) is 2.23. The molecule has 1 aliphatic heterocycles. The average Bonchev–Trinajstić information content (AvgIpc) is 2.71. The van der Waals surface area contributed by atoms with E-state index in [-0.39, 0.29) is 6.10 Å². The monoisotopic (exact) mass is 197 g/mol. The fourth-order valence-corrected chi connectivity index (χ4v) is 2.68. The molecule has 0 saturated carbocycles. The summed E-state index contributed by atoms with van der Waals surface area (Å²) < 4.78 is 0. The Labute approximate surface area is 82.6 Å². The van der Waals surface area contributed by atoms with E-state index in [0.717, 1.165) is 19.5 Å². The Bertz CT molecular complexity index is 284. The number of hydrogen-bond acceptors (Lipinski definition) is 3. The molecular formula is C10H15NOS. The quantitative estimate of drug-likeness (QED) is 0.750. The van der Waals surface area contributed by atoms with Gasteiger partial charge >= 0.3 is 0 Å². The van der Waals surface area contributed by atoms with Gasteiger partial charge in [0.2, 0.25) is 0 Å². The van der Waals surface area contributed by atoms with Gasteiger partial charge in [-0.1, -0.05) is 6.92 Å². The summed E-state index contributed by atoms with van der Waals surface area (Å²) in [5.41, 5.74) is 1.30. The largest absolute Gasteiger partial charge is 0.391 e. The van der Waals surface area contributed by atoms with Gasteiger partial charge in [-0.3, -0.25) is 0 Å². The first-order valence-corrected chi connectivity index (χ1v) is 5.65. The van der Waals surface area contributed by atoms with Crippen LogP contribution in [0.25, 0.3) is 0 Å². The molecular weight excluding hydrogens is 182 g/mol. The molecule has 2 heterocycles. The van der Waals surface area contributed by atoms with E-state index in [1.54, 1.807) is 11.3 Å². The number of rotatable bonds is 2. The third-order valence-electron chi connectivity index (χ3n) is 2.63. The molecule has 0 spiro atoms. The third-order valence-corrected chi connectivity index (χ3v) is 3.73. The van der Waals surface area contributed by atoms with E-state index in [1.165, 1.54) is 10.4 Å². The summed E-state index contributed by atoms with van der Waals surface area (Å²) in [4.78, 5) is 1.41. The second kappa shape index (κ2) is 3.78. The first-order valence-electron chi connectivity index (χ1n) is 4.77. The third kappa shape index (κ3) is 1.77. The Balaban J connectivity index is 2.15. The Morgan fingerprint density at radius 2 is 2.46 bits per heavy atom. The van der Waals surface area contributed by atoms with Crippen molar-refractivity contribution in [3.8, 4) is 0 Å². The van der Waals surface area contributed by atoms with Crippen LogP contribution in [0.4, 0.5) is 0 Å². The number of hydrogen-bond donors (Lipinski definition) is 2. The van der Waals surface area contributed by atoms with Crippen molar-refractivity contribution in [2.24, 2.45) is 0 Å². The number of aryl methyl sites for hydroxylation is 1. The molecule has 1 aliphatic rings. The van der Waals surface area contributed by atoms with Gasteiger partial charge in [0.15, 0.2) is 0 Å². The Hall–Kier alpha value is -0.380. The van der Waals surface area contributed by atoms with Crippen LogP contribution >= 0.6 is 11.3 Å². The van der Waals surface area contributed by atoms with Crippen molar-refractivity contribution in [1.29, 1.82) is 0 Å². The molecule has 2 nitrogen and oxygen atoms in total. The number of aliphatic hydroxyl groups excluding tert-OH is 1. The van der Waals surface area contributed by atoms with Crippen LogP contribution in [-0.2, 0) is 6.42 Å². The van der Waals surface area contributed by atoms with Gasteiger partial charge in [0.25, 0.3) is 0 Å². The fourth-order valence-electron chi connectivity index (χ4n) is 1.78. The Kier molecular flexibility index (Phi) is 2.67. The number of thiophene rings is 1. The van der Waals surface area contributed by atoms with Gasteiger partial charge in [0, 0.05) is 23.9 Å². The van der Waals surface area contributed by atoms with Crippen molar-refractivity contribution < 1.29 is 5.11 Å². The lowest BCUT2D eigenvalue weighted by atomic mass is 9.99. The minimum absolute atomic E-state index is 0.195. The number of nitrogens with one attached hydrogen (secondary N) is 1. The van der Waals surface area contributed by atoms with Crippen LogP contribution in [0.3, 0.4) is 0 Å². The molecule has 0 amide bonds. The molecule has 3 heteroatoms. The maximum absolute atomic E-state index is 9.67. The summed E-state index contributed by atoms with van der Waals surface area (Å²) in [6.07, 6.45) is 0.903. The van der Waals surface area contributed by atoms with E-state index >= 15 is 0 Å². The minimum atomic E-state index is -0.195. The van der Waals surface area contributed by atoms with Gasteiger partial charge in [0.05, 0.1) is 6.10 Å². The molecule has 0 aliphatic carbocycles. The Morgan fingerprint density at radius 1 is 1.62 bits per heavy atom. The zero-order chi connectivity index (χ0) is 9.26. The fraction of sp³-hybridized carbons (Fsp3) is 0.600. The summed E-state index contributed by atoms with van der Waals surface area (Å²) in [5, 5.41) is 15.0. The summed E-state index contributed by atoms with van der Waals surface area (Å²) in [5.74, 6) is 0.316. The highest BCUT2D eigenvalue weighted by atomic mass is 32.1. The zero-order valence-corrected chi connectivity index (χ0v) is 8.60. The van der Waals surface area contributed by atoms with Crippen LogP contribution in [0.1, 0.15) is 23.3 Å². The SMILES string of the molecule is CCc1cc([C@@H]2CNC[C@H]2O)cs1. The van der Waals surface area contributed by atoms with E-state index < -0.39 is 0 Å². The molecule has 1 aromatic rings. The molecule has 1 fully saturated rings. The van der Waals surface area contributed by atoms with Crippen LogP contribution in [0.5, 0.6) is 0 Å². The van der Waals surface area contributed by atoms with Crippen molar-refractivity contribution in [2.45, 2.75) is 25.4 Å². The highest BCUT2D eigenvalue weighted by Crippen LogP contribution is 2.27. The number of aliphatic hydroxyl groups is 1. The van der Waals surface area contributed by atoms with Crippen molar-refractivity contribution in [2.75, 3.05) is 13.1 Å². The predicted octanol–water partition coefficient (Wildman–Crippen LogP) is 1.36. The van der Waals surface area contributed by atoms with Crippen LogP contribution in [-0.4, -0.2) is 24.3 Å². The van der Waals surface area contributed by atoms with Gasteiger partial charge in [0.1, 0.15) is 0 Å². The van der Waals surface area contributed by atoms with Crippen molar-refractivity contribution in [3.63, 3.8) is 0 Å². The second-order valence-electron chi connectivity index (χ2n) is 3.53. The topological polar surface area (TPSA) is 32.3 Å². The van der Waals surface area contributed by atoms with Gasteiger partial charge in [-0.25, -0.2) is 0 Å². The van der Waals surface area contributed by atoms with Gasteiger partial charge < -0.3 is 10.4 Å². The molecule has 0 aromatic carbocycles. The molecule has 2 N–H and O–H groups in total. The molecule has 1 saturated heterocycles. The lowest BCUT2D eigenvalue weighted by molar-refractivity contribution is 0.178. The molecule has 0 bridgehead atoms. The molecule has 0 unspecified atom stereocenters. The molecule has 72 valence electrons. The lowest BCUT2D eigenvalue weighted by Gasteiger charge is -2.10. The first-order chi connectivity index (χ1) is 6.31. The lowest BCUT2D eigenvalue weighted by Crippen LogP contribution is -2.15. The summed E-state index contributed by atoms with van der Waals surface area (Å²) >= 11 is 1.80. The maximum atomic E-state index is 9.67. The summed E-state index contributed by atoms with van der Waals surface area (Å²) in [6.45, 7) is 3.82. The van der Waals surface area contributed by atoms with Crippen LogP contribution < -0.4 is 5.32 Å². The first kappa shape index (κ1) is 9.19. The molecule has 13 heavy (non-hydrogen) atoms. The van der Waals surface area contributed by atoms with E-state index in [1.807, 2.05) is 0 Å². The standard InChI is InChI=1S/C10H15NOS/c1-2-8-3-7(6-13-8)9-4-11-5-10(9)12/h3,6,9-12H,2,4-5H2,1H3/t9-,10+/m0/s1. The van der Waals surface area contributed by atoms with E-state index in [9.17, 15) is 5.11 Å². The number of β-amino-alcohol motifs (C(OH)–C–C–N with tert-alkyl or cyclic N) is 1. The minimum Gasteiger partial charge on any atom is -0.391 e. The van der Waals surface area contributed by atoms with Crippen molar-refractivity contribution in [3.05, 3.63) is 21.9 Å². The van der Waals surface area contributed by atoms with E-state index in [2.05, 4.69) is 23.7 Å². The molecule has 2 atom stereocenters. The smallest absolute Gasteiger partial charge is 0.0745 e. The average molecular weight is 197 g/mol. The second-order valence-corrected chi connectivity index (χ2v) is 4.53.